The lowest BCUT2D eigenvalue weighted by atomic mass is 10.2. The van der Waals surface area contributed by atoms with Gasteiger partial charge in [0.1, 0.15) is 17.9 Å². The molecule has 1 amide bonds. The van der Waals surface area contributed by atoms with Crippen molar-refractivity contribution >= 4 is 11.9 Å². The van der Waals surface area contributed by atoms with Crippen LogP contribution in [0.4, 0.5) is 0 Å². The summed E-state index contributed by atoms with van der Waals surface area (Å²) >= 11 is 0. The molecule has 0 saturated carbocycles. The van der Waals surface area contributed by atoms with Crippen molar-refractivity contribution in [1.29, 1.82) is 0 Å². The maximum absolute atomic E-state index is 12.0. The van der Waals surface area contributed by atoms with Crippen LogP contribution in [-0.2, 0) is 9.53 Å². The molecular weight excluding hydrogens is 294 g/mol. The van der Waals surface area contributed by atoms with Crippen LogP contribution in [0, 0.1) is 0 Å². The van der Waals surface area contributed by atoms with Crippen molar-refractivity contribution in [2.75, 3.05) is 13.2 Å². The number of amides is 1. The average molecular weight is 321 g/mol. The van der Waals surface area contributed by atoms with Crippen molar-refractivity contribution in [2.45, 2.75) is 52.6 Å². The number of hydrogen-bond acceptors (Lipinski definition) is 4. The largest absolute Gasteiger partial charge is 0.494 e. The second kappa shape index (κ2) is 9.18. The zero-order valence-corrected chi connectivity index (χ0v) is 14.5. The molecule has 0 saturated heterocycles. The lowest BCUT2D eigenvalue weighted by Crippen LogP contribution is -2.34. The van der Waals surface area contributed by atoms with Gasteiger partial charge in [0.05, 0.1) is 6.61 Å². The molecule has 5 heteroatoms. The van der Waals surface area contributed by atoms with Gasteiger partial charge in [0.25, 0.3) is 5.91 Å². The van der Waals surface area contributed by atoms with E-state index in [0.29, 0.717) is 12.2 Å². The van der Waals surface area contributed by atoms with Crippen LogP contribution in [0.1, 0.15) is 57.3 Å². The van der Waals surface area contributed by atoms with Gasteiger partial charge < -0.3 is 14.8 Å². The van der Waals surface area contributed by atoms with Crippen LogP contribution in [0.5, 0.6) is 5.75 Å². The molecule has 0 aliphatic rings. The van der Waals surface area contributed by atoms with Crippen LogP contribution in [-0.4, -0.2) is 30.6 Å². The normalized spacial score (nSPS) is 11.0. The average Bonchev–Trinajstić information content (AvgIpc) is 2.48. The molecule has 0 heterocycles. The third-order valence-corrected chi connectivity index (χ3v) is 2.95. The lowest BCUT2D eigenvalue weighted by Gasteiger charge is -2.19. The highest BCUT2D eigenvalue weighted by Gasteiger charge is 2.17. The lowest BCUT2D eigenvalue weighted by molar-refractivity contribution is -0.153. The van der Waals surface area contributed by atoms with E-state index < -0.39 is 11.6 Å². The van der Waals surface area contributed by atoms with E-state index in [1.807, 2.05) is 0 Å². The summed E-state index contributed by atoms with van der Waals surface area (Å²) in [5.41, 5.74) is -0.0760. The first-order valence-corrected chi connectivity index (χ1v) is 8.04. The Morgan fingerprint density at radius 1 is 1.09 bits per heavy atom. The molecule has 0 spiro atoms. The Morgan fingerprint density at radius 2 is 1.74 bits per heavy atom. The van der Waals surface area contributed by atoms with E-state index in [9.17, 15) is 9.59 Å². The molecule has 0 aliphatic heterocycles. The van der Waals surface area contributed by atoms with Crippen LogP contribution in [0.3, 0.4) is 0 Å². The quantitative estimate of drug-likeness (QED) is 0.589. The van der Waals surface area contributed by atoms with E-state index in [1.165, 1.54) is 0 Å². The van der Waals surface area contributed by atoms with E-state index in [1.54, 1.807) is 45.0 Å². The fourth-order valence-corrected chi connectivity index (χ4v) is 1.88. The summed E-state index contributed by atoms with van der Waals surface area (Å²) in [4.78, 5) is 23.5. The smallest absolute Gasteiger partial charge is 0.325 e. The van der Waals surface area contributed by atoms with Gasteiger partial charge >= 0.3 is 5.97 Å². The number of ether oxygens (including phenoxy) is 2. The number of carbonyl (C=O) groups excluding carboxylic acids is 2. The molecule has 23 heavy (non-hydrogen) atoms. The number of benzene rings is 1. The van der Waals surface area contributed by atoms with E-state index in [2.05, 4.69) is 12.2 Å². The number of hydrogen-bond donors (Lipinski definition) is 1. The molecule has 1 aromatic rings. The minimum absolute atomic E-state index is 0.147. The molecule has 0 radical (unpaired) electrons. The summed E-state index contributed by atoms with van der Waals surface area (Å²) in [6.07, 6.45) is 3.32. The van der Waals surface area contributed by atoms with Gasteiger partial charge in [-0.1, -0.05) is 19.8 Å². The number of unbranched alkanes of at least 4 members (excludes halogenated alkanes) is 2. The minimum Gasteiger partial charge on any atom is -0.494 e. The molecule has 128 valence electrons. The Hall–Kier alpha value is -2.04. The second-order valence-corrected chi connectivity index (χ2v) is 6.35. The first kappa shape index (κ1) is 19.0. The molecule has 0 aliphatic carbocycles. The monoisotopic (exact) mass is 321 g/mol. The number of esters is 1. The zero-order chi connectivity index (χ0) is 17.3. The third-order valence-electron chi connectivity index (χ3n) is 2.95. The predicted octanol–water partition coefficient (Wildman–Crippen LogP) is 3.33. The van der Waals surface area contributed by atoms with Crippen LogP contribution in [0.2, 0.25) is 0 Å². The molecule has 0 fully saturated rings. The van der Waals surface area contributed by atoms with Crippen molar-refractivity contribution < 1.29 is 19.1 Å². The second-order valence-electron chi connectivity index (χ2n) is 6.35. The maximum Gasteiger partial charge on any atom is 0.325 e. The fraction of sp³-hybridized carbons (Fsp3) is 0.556. The molecular formula is C18H27NO4. The zero-order valence-electron chi connectivity index (χ0n) is 14.5. The summed E-state index contributed by atoms with van der Waals surface area (Å²) in [7, 11) is 0. The van der Waals surface area contributed by atoms with Crippen molar-refractivity contribution in [2.24, 2.45) is 0 Å². The molecule has 0 bridgehead atoms. The Labute approximate surface area is 138 Å². The van der Waals surface area contributed by atoms with Gasteiger partial charge in [0.2, 0.25) is 0 Å². The van der Waals surface area contributed by atoms with E-state index in [0.717, 1.165) is 25.0 Å². The number of rotatable bonds is 8. The van der Waals surface area contributed by atoms with E-state index in [4.69, 9.17) is 9.47 Å². The SMILES string of the molecule is CCCCCOc1ccc(C(=O)NCC(=O)OC(C)(C)C)cc1. The van der Waals surface area contributed by atoms with Crippen molar-refractivity contribution in [3.63, 3.8) is 0 Å². The molecule has 1 N–H and O–H groups in total. The Kier molecular flexibility index (Phi) is 7.59. The molecule has 0 unspecified atom stereocenters. The summed E-state index contributed by atoms with van der Waals surface area (Å²) in [5.74, 6) is -0.0279. The van der Waals surface area contributed by atoms with Gasteiger partial charge in [-0.3, -0.25) is 9.59 Å². The summed E-state index contributed by atoms with van der Waals surface area (Å²) in [5, 5.41) is 2.55. The minimum atomic E-state index is -0.557. The van der Waals surface area contributed by atoms with Gasteiger partial charge in [0.15, 0.2) is 0 Å². The van der Waals surface area contributed by atoms with E-state index in [-0.39, 0.29) is 12.5 Å². The summed E-state index contributed by atoms with van der Waals surface area (Å²) in [6, 6.07) is 6.88. The van der Waals surface area contributed by atoms with Crippen molar-refractivity contribution in [1.82, 2.24) is 5.32 Å². The topological polar surface area (TPSA) is 64.6 Å². The summed E-state index contributed by atoms with van der Waals surface area (Å²) < 4.78 is 10.7. The fourth-order valence-electron chi connectivity index (χ4n) is 1.88. The number of carbonyl (C=O) groups is 2. The van der Waals surface area contributed by atoms with Gasteiger partial charge in [-0.15, -0.1) is 0 Å². The first-order chi connectivity index (χ1) is 10.8. The van der Waals surface area contributed by atoms with Crippen molar-refractivity contribution in [3.8, 4) is 5.75 Å². The van der Waals surface area contributed by atoms with Crippen LogP contribution in [0.15, 0.2) is 24.3 Å². The van der Waals surface area contributed by atoms with Gasteiger partial charge in [-0.05, 0) is 51.5 Å². The Morgan fingerprint density at radius 3 is 2.30 bits per heavy atom. The third kappa shape index (κ3) is 8.24. The van der Waals surface area contributed by atoms with Gasteiger partial charge in [-0.25, -0.2) is 0 Å². The molecule has 0 atom stereocenters. The van der Waals surface area contributed by atoms with Gasteiger partial charge in [0, 0.05) is 5.56 Å². The molecule has 5 nitrogen and oxygen atoms in total. The summed E-state index contributed by atoms with van der Waals surface area (Å²) in [6.45, 7) is 8.03. The van der Waals surface area contributed by atoms with Crippen molar-refractivity contribution in [3.05, 3.63) is 29.8 Å². The highest BCUT2D eigenvalue weighted by Crippen LogP contribution is 2.13. The predicted molar refractivity (Wildman–Crippen MR) is 89.6 cm³/mol. The molecule has 1 aromatic carbocycles. The van der Waals surface area contributed by atoms with Crippen LogP contribution < -0.4 is 10.1 Å². The van der Waals surface area contributed by atoms with Gasteiger partial charge in [-0.2, -0.15) is 0 Å². The Bertz CT molecular complexity index is 503. The van der Waals surface area contributed by atoms with Crippen LogP contribution >= 0.6 is 0 Å². The maximum atomic E-state index is 12.0. The van der Waals surface area contributed by atoms with Crippen LogP contribution in [0.25, 0.3) is 0 Å². The number of nitrogens with one attached hydrogen (secondary N) is 1. The first-order valence-electron chi connectivity index (χ1n) is 8.04. The highest BCUT2D eigenvalue weighted by atomic mass is 16.6. The molecule has 0 aromatic heterocycles. The standard InChI is InChI=1S/C18H27NO4/c1-5-6-7-12-22-15-10-8-14(9-11-15)17(21)19-13-16(20)23-18(2,3)4/h8-11H,5-7,12-13H2,1-4H3,(H,19,21). The molecule has 1 rings (SSSR count). The Balaban J connectivity index is 2.40. The van der Waals surface area contributed by atoms with E-state index >= 15 is 0 Å². The highest BCUT2D eigenvalue weighted by molar-refractivity contribution is 5.96.